The minimum absolute atomic E-state index is 0.0521. The summed E-state index contributed by atoms with van der Waals surface area (Å²) >= 11 is 0. The van der Waals surface area contributed by atoms with E-state index in [1.165, 1.54) is 0 Å². The number of carboxylic acid groups (broad SMARTS) is 1. The Hall–Kier alpha value is -1.85. The summed E-state index contributed by atoms with van der Waals surface area (Å²) in [6, 6.07) is 1.75. The van der Waals surface area contributed by atoms with E-state index in [1.54, 1.807) is 29.6 Å². The van der Waals surface area contributed by atoms with E-state index in [2.05, 4.69) is 5.10 Å². The van der Waals surface area contributed by atoms with Crippen molar-refractivity contribution in [3.8, 4) is 0 Å². The lowest BCUT2D eigenvalue weighted by atomic mass is 9.87. The topological polar surface area (TPSA) is 75.4 Å². The molecule has 1 amide bonds. The van der Waals surface area contributed by atoms with Gasteiger partial charge in [-0.15, -0.1) is 0 Å². The van der Waals surface area contributed by atoms with Gasteiger partial charge in [0.05, 0.1) is 5.92 Å². The number of aliphatic carboxylic acids is 1. The number of hydrogen-bond donors (Lipinski definition) is 1. The van der Waals surface area contributed by atoms with E-state index in [0.29, 0.717) is 18.8 Å². The van der Waals surface area contributed by atoms with Gasteiger partial charge in [-0.25, -0.2) is 0 Å². The van der Waals surface area contributed by atoms with Crippen LogP contribution >= 0.6 is 0 Å². The Morgan fingerprint density at radius 1 is 1.50 bits per heavy atom. The number of carbonyl (C=O) groups is 2. The van der Waals surface area contributed by atoms with Crippen molar-refractivity contribution < 1.29 is 14.7 Å². The predicted octanol–water partition coefficient (Wildman–Crippen LogP) is 0.521. The Balaban J connectivity index is 1.96. The van der Waals surface area contributed by atoms with Crippen molar-refractivity contribution in [1.82, 2.24) is 14.7 Å². The number of carboxylic acids is 1. The standard InChI is InChI=1S/C12H17N3O3/c1-7-4-10(13-14(7)3)11(16)15-5-9(6-15)8(2)12(17)18/h4,8-9H,5-6H2,1-3H3,(H,17,18). The smallest absolute Gasteiger partial charge is 0.306 e. The van der Waals surface area contributed by atoms with Gasteiger partial charge < -0.3 is 10.0 Å². The molecule has 1 fully saturated rings. The highest BCUT2D eigenvalue weighted by atomic mass is 16.4. The molecule has 98 valence electrons. The van der Waals surface area contributed by atoms with E-state index in [4.69, 9.17) is 5.11 Å². The van der Waals surface area contributed by atoms with Crippen LogP contribution < -0.4 is 0 Å². The summed E-state index contributed by atoms with van der Waals surface area (Å²) in [6.07, 6.45) is 0. The van der Waals surface area contributed by atoms with Crippen LogP contribution in [0.15, 0.2) is 6.07 Å². The maximum absolute atomic E-state index is 12.0. The minimum Gasteiger partial charge on any atom is -0.481 e. The van der Waals surface area contributed by atoms with E-state index in [1.807, 2.05) is 6.92 Å². The normalized spacial score (nSPS) is 17.4. The fourth-order valence-electron chi connectivity index (χ4n) is 2.02. The summed E-state index contributed by atoms with van der Waals surface area (Å²) in [5.74, 6) is -1.27. The van der Waals surface area contributed by atoms with Crippen molar-refractivity contribution in [2.45, 2.75) is 13.8 Å². The predicted molar refractivity (Wildman–Crippen MR) is 64.1 cm³/mol. The second kappa shape index (κ2) is 4.44. The molecule has 0 spiro atoms. The fourth-order valence-corrected chi connectivity index (χ4v) is 2.02. The molecule has 0 radical (unpaired) electrons. The SMILES string of the molecule is Cc1cc(C(=O)N2CC(C(C)C(=O)O)C2)nn1C. The number of rotatable bonds is 3. The molecule has 2 heterocycles. The van der Waals surface area contributed by atoms with Gasteiger partial charge in [-0.2, -0.15) is 5.10 Å². The van der Waals surface area contributed by atoms with E-state index >= 15 is 0 Å². The second-order valence-electron chi connectivity index (χ2n) is 4.89. The van der Waals surface area contributed by atoms with Gasteiger partial charge in [-0.05, 0) is 13.0 Å². The Morgan fingerprint density at radius 3 is 2.56 bits per heavy atom. The first-order valence-corrected chi connectivity index (χ1v) is 5.93. The van der Waals surface area contributed by atoms with Crippen LogP contribution in [0, 0.1) is 18.8 Å². The van der Waals surface area contributed by atoms with Gasteiger partial charge in [-0.1, -0.05) is 6.92 Å². The van der Waals surface area contributed by atoms with Crippen LogP contribution in [0.3, 0.4) is 0 Å². The summed E-state index contributed by atoms with van der Waals surface area (Å²) in [4.78, 5) is 24.5. The van der Waals surface area contributed by atoms with Crippen molar-refractivity contribution in [2.75, 3.05) is 13.1 Å². The molecule has 2 rings (SSSR count). The molecule has 1 aromatic rings. The molecule has 0 saturated carbocycles. The van der Waals surface area contributed by atoms with Crippen LogP contribution in [0.4, 0.5) is 0 Å². The number of nitrogens with zero attached hydrogens (tertiary/aromatic N) is 3. The number of aryl methyl sites for hydroxylation is 2. The molecule has 0 aromatic carbocycles. The van der Waals surface area contributed by atoms with Gasteiger partial charge in [0.1, 0.15) is 0 Å². The summed E-state index contributed by atoms with van der Waals surface area (Å²) < 4.78 is 1.66. The first-order chi connectivity index (χ1) is 8.40. The van der Waals surface area contributed by atoms with Gasteiger partial charge in [0, 0.05) is 31.7 Å². The molecule has 1 N–H and O–H groups in total. The Kier molecular flexibility index (Phi) is 3.11. The molecular weight excluding hydrogens is 234 g/mol. The van der Waals surface area contributed by atoms with Crippen molar-refractivity contribution >= 4 is 11.9 Å². The Bertz CT molecular complexity index is 469. The molecule has 1 aromatic heterocycles. The van der Waals surface area contributed by atoms with Crippen LogP contribution in [-0.2, 0) is 11.8 Å². The lowest BCUT2D eigenvalue weighted by molar-refractivity contribution is -0.144. The van der Waals surface area contributed by atoms with E-state index < -0.39 is 11.9 Å². The molecule has 6 nitrogen and oxygen atoms in total. The number of amides is 1. The highest BCUT2D eigenvalue weighted by Gasteiger charge is 2.38. The molecular formula is C12H17N3O3. The minimum atomic E-state index is -0.805. The van der Waals surface area contributed by atoms with E-state index in [9.17, 15) is 9.59 Å². The van der Waals surface area contributed by atoms with Crippen LogP contribution in [0.1, 0.15) is 23.1 Å². The molecule has 1 aliphatic heterocycles. The molecule has 0 aliphatic carbocycles. The Morgan fingerprint density at radius 2 is 2.11 bits per heavy atom. The molecule has 6 heteroatoms. The van der Waals surface area contributed by atoms with Gasteiger partial charge in [0.2, 0.25) is 0 Å². The van der Waals surface area contributed by atoms with Gasteiger partial charge >= 0.3 is 5.97 Å². The van der Waals surface area contributed by atoms with Crippen molar-refractivity contribution in [2.24, 2.45) is 18.9 Å². The molecule has 1 aliphatic rings. The van der Waals surface area contributed by atoms with Crippen molar-refractivity contribution in [3.05, 3.63) is 17.5 Å². The summed E-state index contributed by atoms with van der Waals surface area (Å²) in [6.45, 7) is 4.57. The molecule has 1 unspecified atom stereocenters. The van der Waals surface area contributed by atoms with Gasteiger partial charge in [0.25, 0.3) is 5.91 Å². The number of carbonyl (C=O) groups excluding carboxylic acids is 1. The van der Waals surface area contributed by atoms with E-state index in [-0.39, 0.29) is 11.8 Å². The molecule has 18 heavy (non-hydrogen) atoms. The monoisotopic (exact) mass is 251 g/mol. The van der Waals surface area contributed by atoms with Gasteiger partial charge in [-0.3, -0.25) is 14.3 Å². The highest BCUT2D eigenvalue weighted by Crippen LogP contribution is 2.25. The maximum Gasteiger partial charge on any atom is 0.306 e. The maximum atomic E-state index is 12.0. The van der Waals surface area contributed by atoms with Crippen LogP contribution in [0.5, 0.6) is 0 Å². The third kappa shape index (κ3) is 2.10. The van der Waals surface area contributed by atoms with Crippen molar-refractivity contribution in [3.63, 3.8) is 0 Å². The third-order valence-electron chi connectivity index (χ3n) is 3.63. The van der Waals surface area contributed by atoms with Gasteiger partial charge in [0.15, 0.2) is 5.69 Å². The van der Waals surface area contributed by atoms with Crippen LogP contribution in [0.2, 0.25) is 0 Å². The third-order valence-corrected chi connectivity index (χ3v) is 3.63. The van der Waals surface area contributed by atoms with Crippen LogP contribution in [0.25, 0.3) is 0 Å². The first-order valence-electron chi connectivity index (χ1n) is 5.93. The number of likely N-dealkylation sites (tertiary alicyclic amines) is 1. The fraction of sp³-hybridized carbons (Fsp3) is 0.583. The largest absolute Gasteiger partial charge is 0.481 e. The van der Waals surface area contributed by atoms with Crippen molar-refractivity contribution in [1.29, 1.82) is 0 Å². The highest BCUT2D eigenvalue weighted by molar-refractivity contribution is 5.93. The zero-order chi connectivity index (χ0) is 13.4. The average Bonchev–Trinajstić information content (AvgIpc) is 2.56. The quantitative estimate of drug-likeness (QED) is 0.849. The summed E-state index contributed by atoms with van der Waals surface area (Å²) in [7, 11) is 1.79. The molecule has 1 atom stereocenters. The number of hydrogen-bond acceptors (Lipinski definition) is 3. The zero-order valence-electron chi connectivity index (χ0n) is 10.8. The molecule has 1 saturated heterocycles. The van der Waals surface area contributed by atoms with Crippen LogP contribution in [-0.4, -0.2) is 44.8 Å². The molecule has 0 bridgehead atoms. The lowest BCUT2D eigenvalue weighted by Crippen LogP contribution is -2.53. The lowest BCUT2D eigenvalue weighted by Gasteiger charge is -2.40. The summed E-state index contributed by atoms with van der Waals surface area (Å²) in [5, 5.41) is 13.0. The average molecular weight is 251 g/mol. The second-order valence-corrected chi connectivity index (χ2v) is 4.89. The van der Waals surface area contributed by atoms with E-state index in [0.717, 1.165) is 5.69 Å². The zero-order valence-corrected chi connectivity index (χ0v) is 10.8. The number of aromatic nitrogens is 2. The Labute approximate surface area is 105 Å². The summed E-state index contributed by atoms with van der Waals surface area (Å²) in [5.41, 5.74) is 1.35. The first kappa shape index (κ1) is 12.6.